The largest absolute Gasteiger partial charge is 0.292 e. The number of sulfonamides is 1. The predicted octanol–water partition coefficient (Wildman–Crippen LogP) is 2.55. The number of rotatable bonds is 5. The van der Waals surface area contributed by atoms with E-state index in [4.69, 9.17) is 0 Å². The molecule has 0 atom stereocenters. The van der Waals surface area contributed by atoms with Crippen LogP contribution in [-0.2, 0) is 19.9 Å². The Hall–Kier alpha value is -3.30. The summed E-state index contributed by atoms with van der Waals surface area (Å²) in [5.74, 6) is -1.38. The smallest absolute Gasteiger partial charge is 0.269 e. The van der Waals surface area contributed by atoms with Crippen molar-refractivity contribution in [2.75, 3.05) is 6.54 Å². The minimum absolute atomic E-state index is 0.00234. The van der Waals surface area contributed by atoms with Crippen LogP contribution < -0.4 is 0 Å². The third-order valence-corrected chi connectivity index (χ3v) is 8.31. The van der Waals surface area contributed by atoms with Crippen molar-refractivity contribution >= 4 is 31.6 Å². The lowest BCUT2D eigenvalue weighted by Gasteiger charge is -2.14. The molecule has 1 amide bonds. The molecule has 7 nitrogen and oxygen atoms in total. The van der Waals surface area contributed by atoms with E-state index in [9.17, 15) is 26.4 Å². The van der Waals surface area contributed by atoms with Gasteiger partial charge in [0.2, 0.25) is 9.84 Å². The highest BCUT2D eigenvalue weighted by atomic mass is 32.2. The van der Waals surface area contributed by atoms with Crippen LogP contribution in [0.5, 0.6) is 0 Å². The minimum Gasteiger partial charge on any atom is -0.292 e. The number of Topliss-reactive ketones (excluding diaryl/α,β-unsaturated/α-hetero) is 1. The van der Waals surface area contributed by atoms with Crippen LogP contribution >= 0.6 is 0 Å². The topological polar surface area (TPSA) is 106 Å². The Labute approximate surface area is 173 Å². The van der Waals surface area contributed by atoms with E-state index in [2.05, 4.69) is 0 Å². The molecule has 0 fully saturated rings. The van der Waals surface area contributed by atoms with Crippen LogP contribution in [0.4, 0.5) is 0 Å². The molecule has 0 saturated heterocycles. The zero-order valence-electron chi connectivity index (χ0n) is 15.4. The normalized spacial score (nSPS) is 15.1. The quantitative estimate of drug-likeness (QED) is 0.564. The van der Waals surface area contributed by atoms with Crippen molar-refractivity contribution in [2.24, 2.45) is 0 Å². The molecular weight excluding hydrogens is 426 g/mol. The number of benzene rings is 3. The maximum atomic E-state index is 12.6. The summed E-state index contributed by atoms with van der Waals surface area (Å²) in [6, 6.07) is 18.8. The van der Waals surface area contributed by atoms with E-state index < -0.39 is 38.1 Å². The van der Waals surface area contributed by atoms with Gasteiger partial charge < -0.3 is 0 Å². The highest BCUT2D eigenvalue weighted by molar-refractivity contribution is 7.91. The van der Waals surface area contributed by atoms with E-state index in [1.165, 1.54) is 54.6 Å². The van der Waals surface area contributed by atoms with E-state index in [1.807, 2.05) is 0 Å². The summed E-state index contributed by atoms with van der Waals surface area (Å²) in [5, 5.41) is 0. The van der Waals surface area contributed by atoms with Crippen molar-refractivity contribution in [1.82, 2.24) is 4.31 Å². The molecular formula is C21H15NO6S2. The SMILES string of the molecule is O=C(CN1C(=O)c2ccccc2S1(=O)=O)c1ccc(S(=O)(=O)c2ccccc2)cc1. The molecule has 0 spiro atoms. The van der Waals surface area contributed by atoms with E-state index in [-0.39, 0.29) is 25.8 Å². The zero-order valence-corrected chi connectivity index (χ0v) is 17.1. The van der Waals surface area contributed by atoms with Gasteiger partial charge in [-0.3, -0.25) is 9.59 Å². The molecule has 1 heterocycles. The highest BCUT2D eigenvalue weighted by Crippen LogP contribution is 2.30. The van der Waals surface area contributed by atoms with Crippen LogP contribution in [0, 0.1) is 0 Å². The molecule has 4 rings (SSSR count). The first kappa shape index (κ1) is 20.0. The van der Waals surface area contributed by atoms with Crippen molar-refractivity contribution in [3.63, 3.8) is 0 Å². The van der Waals surface area contributed by atoms with Crippen molar-refractivity contribution in [3.05, 3.63) is 90.0 Å². The van der Waals surface area contributed by atoms with Crippen LogP contribution in [0.3, 0.4) is 0 Å². The molecule has 1 aliphatic rings. The standard InChI is InChI=1S/C21H15NO6S2/c23-19(14-22-21(24)18-8-4-5-9-20(18)30(22,27)28)15-10-12-17(13-11-15)29(25,26)16-6-2-1-3-7-16/h1-13H,14H2. The molecule has 0 N–H and O–H groups in total. The lowest BCUT2D eigenvalue weighted by molar-refractivity contribution is 0.0820. The second kappa shape index (κ2) is 7.19. The first-order chi connectivity index (χ1) is 14.2. The number of nitrogens with zero attached hydrogens (tertiary/aromatic N) is 1. The van der Waals surface area contributed by atoms with E-state index >= 15 is 0 Å². The summed E-state index contributed by atoms with van der Waals surface area (Å²) in [5.41, 5.74) is 0.121. The summed E-state index contributed by atoms with van der Waals surface area (Å²) >= 11 is 0. The first-order valence-electron chi connectivity index (χ1n) is 8.82. The average molecular weight is 441 g/mol. The Kier molecular flexibility index (Phi) is 4.79. The number of fused-ring (bicyclic) bond motifs is 1. The molecule has 0 radical (unpaired) electrons. The number of ketones is 1. The average Bonchev–Trinajstić information content (AvgIpc) is 2.95. The maximum Gasteiger partial charge on any atom is 0.269 e. The number of sulfone groups is 1. The molecule has 1 aliphatic heterocycles. The molecule has 9 heteroatoms. The molecule has 0 aromatic heterocycles. The van der Waals surface area contributed by atoms with Gasteiger partial charge in [0.15, 0.2) is 5.78 Å². The number of hydrogen-bond donors (Lipinski definition) is 0. The highest BCUT2D eigenvalue weighted by Gasteiger charge is 2.41. The van der Waals surface area contributed by atoms with Crippen molar-refractivity contribution < 1.29 is 26.4 Å². The third kappa shape index (κ3) is 3.21. The lowest BCUT2D eigenvalue weighted by Crippen LogP contribution is -2.35. The summed E-state index contributed by atoms with van der Waals surface area (Å²) in [6.07, 6.45) is 0. The van der Waals surface area contributed by atoms with E-state index in [0.717, 1.165) is 0 Å². The summed E-state index contributed by atoms with van der Waals surface area (Å²) in [7, 11) is -7.84. The molecule has 3 aromatic rings. The molecule has 0 saturated carbocycles. The molecule has 3 aromatic carbocycles. The number of amides is 1. The van der Waals surface area contributed by atoms with Gasteiger partial charge in [0.05, 0.1) is 15.4 Å². The Morgan fingerprint density at radius 2 is 1.37 bits per heavy atom. The van der Waals surface area contributed by atoms with Gasteiger partial charge >= 0.3 is 0 Å². The summed E-state index contributed by atoms with van der Waals surface area (Å²) in [4.78, 5) is 25.0. The van der Waals surface area contributed by atoms with Crippen molar-refractivity contribution in [1.29, 1.82) is 0 Å². The summed E-state index contributed by atoms with van der Waals surface area (Å²) in [6.45, 7) is -0.666. The summed E-state index contributed by atoms with van der Waals surface area (Å²) < 4.78 is 51.0. The van der Waals surface area contributed by atoms with E-state index in [1.54, 1.807) is 24.3 Å². The van der Waals surface area contributed by atoms with Gasteiger partial charge in [-0.1, -0.05) is 42.5 Å². The van der Waals surface area contributed by atoms with Gasteiger partial charge in [0.1, 0.15) is 11.4 Å². The first-order valence-corrected chi connectivity index (χ1v) is 11.7. The second-order valence-electron chi connectivity index (χ2n) is 6.58. The fourth-order valence-corrected chi connectivity index (χ4v) is 5.97. The molecule has 0 bridgehead atoms. The Morgan fingerprint density at radius 1 is 0.800 bits per heavy atom. The van der Waals surface area contributed by atoms with Crippen LogP contribution in [-0.4, -0.2) is 39.4 Å². The van der Waals surface area contributed by atoms with Gasteiger partial charge in [-0.2, -0.15) is 0 Å². The van der Waals surface area contributed by atoms with Gasteiger partial charge in [-0.15, -0.1) is 0 Å². The lowest BCUT2D eigenvalue weighted by atomic mass is 10.1. The van der Waals surface area contributed by atoms with Gasteiger partial charge in [-0.05, 0) is 36.4 Å². The molecule has 152 valence electrons. The van der Waals surface area contributed by atoms with Crippen LogP contribution in [0.15, 0.2) is 93.5 Å². The molecule has 0 aliphatic carbocycles. The number of carbonyl (C=O) groups excluding carboxylic acids is 2. The minimum atomic E-state index is -4.10. The van der Waals surface area contributed by atoms with Crippen molar-refractivity contribution in [2.45, 2.75) is 14.7 Å². The Bertz CT molecular complexity index is 1360. The zero-order chi connectivity index (χ0) is 21.5. The van der Waals surface area contributed by atoms with Crippen molar-refractivity contribution in [3.8, 4) is 0 Å². The second-order valence-corrected chi connectivity index (χ2v) is 10.4. The predicted molar refractivity (Wildman–Crippen MR) is 107 cm³/mol. The molecule has 0 unspecified atom stereocenters. The number of carbonyl (C=O) groups is 2. The Morgan fingerprint density at radius 3 is 2.00 bits per heavy atom. The maximum absolute atomic E-state index is 12.6. The van der Waals surface area contributed by atoms with Gasteiger partial charge in [0.25, 0.3) is 15.9 Å². The van der Waals surface area contributed by atoms with Crippen LogP contribution in [0.25, 0.3) is 0 Å². The van der Waals surface area contributed by atoms with Crippen LogP contribution in [0.1, 0.15) is 20.7 Å². The fraction of sp³-hybridized carbons (Fsp3) is 0.0476. The molecule has 30 heavy (non-hydrogen) atoms. The fourth-order valence-electron chi connectivity index (χ4n) is 3.16. The van der Waals surface area contributed by atoms with Crippen LogP contribution in [0.2, 0.25) is 0 Å². The Balaban J connectivity index is 1.58. The van der Waals surface area contributed by atoms with Gasteiger partial charge in [0, 0.05) is 5.56 Å². The monoisotopic (exact) mass is 441 g/mol. The van der Waals surface area contributed by atoms with Gasteiger partial charge in [-0.25, -0.2) is 21.1 Å². The number of hydrogen-bond acceptors (Lipinski definition) is 6. The third-order valence-electron chi connectivity index (χ3n) is 4.74. The van der Waals surface area contributed by atoms with E-state index in [0.29, 0.717) is 4.31 Å².